The minimum absolute atomic E-state index is 0.0962. The lowest BCUT2D eigenvalue weighted by atomic mass is 9.99. The third kappa shape index (κ3) is 1.80. The number of anilines is 2. The van der Waals surface area contributed by atoms with E-state index in [9.17, 15) is 4.79 Å². The maximum absolute atomic E-state index is 12.4. The van der Waals surface area contributed by atoms with Gasteiger partial charge in [0.25, 0.3) is 5.91 Å². The first kappa shape index (κ1) is 13.0. The van der Waals surface area contributed by atoms with E-state index in [2.05, 4.69) is 16.7 Å². The maximum atomic E-state index is 12.4. The number of fused-ring (bicyclic) bond motifs is 2. The van der Waals surface area contributed by atoms with Crippen LogP contribution in [0.5, 0.6) is 0 Å². The molecule has 0 saturated heterocycles. The van der Waals surface area contributed by atoms with Gasteiger partial charge in [0.15, 0.2) is 0 Å². The number of carbonyl (C=O) groups is 1. The average molecular weight is 292 g/mol. The Balaban J connectivity index is 1.92. The van der Waals surface area contributed by atoms with Crippen LogP contribution in [0.4, 0.5) is 11.4 Å². The van der Waals surface area contributed by atoms with Gasteiger partial charge in [0.2, 0.25) is 0 Å². The van der Waals surface area contributed by atoms with Crippen LogP contribution >= 0.6 is 0 Å². The second kappa shape index (κ2) is 4.63. The maximum Gasteiger partial charge on any atom is 0.260 e. The molecular formula is C18H16N2O2. The summed E-state index contributed by atoms with van der Waals surface area (Å²) in [7, 11) is 1.89. The molecule has 0 spiro atoms. The van der Waals surface area contributed by atoms with Crippen molar-refractivity contribution in [2.24, 2.45) is 0 Å². The zero-order chi connectivity index (χ0) is 15.3. The highest BCUT2D eigenvalue weighted by atomic mass is 16.5. The van der Waals surface area contributed by atoms with Crippen molar-refractivity contribution in [3.05, 3.63) is 58.7 Å². The van der Waals surface area contributed by atoms with Crippen LogP contribution in [0.1, 0.15) is 22.3 Å². The highest BCUT2D eigenvalue weighted by Crippen LogP contribution is 2.42. The van der Waals surface area contributed by atoms with Crippen LogP contribution in [0.25, 0.3) is 11.3 Å². The molecule has 2 aromatic carbocycles. The van der Waals surface area contributed by atoms with Gasteiger partial charge in [-0.15, -0.1) is 0 Å². The lowest BCUT2D eigenvalue weighted by Crippen LogP contribution is -2.05. The molecule has 0 aliphatic carbocycles. The summed E-state index contributed by atoms with van der Waals surface area (Å²) in [6.07, 6.45) is 0. The van der Waals surface area contributed by atoms with Gasteiger partial charge in [-0.2, -0.15) is 0 Å². The zero-order valence-corrected chi connectivity index (χ0v) is 12.5. The molecule has 0 radical (unpaired) electrons. The lowest BCUT2D eigenvalue weighted by molar-refractivity contribution is -0.110. The Labute approximate surface area is 128 Å². The van der Waals surface area contributed by atoms with Crippen molar-refractivity contribution in [2.45, 2.75) is 13.5 Å². The largest absolute Gasteiger partial charge is 0.487 e. The Morgan fingerprint density at radius 2 is 2.00 bits per heavy atom. The van der Waals surface area contributed by atoms with E-state index in [0.29, 0.717) is 17.9 Å². The number of nitrogens with one attached hydrogen (secondary N) is 2. The highest BCUT2D eigenvalue weighted by molar-refractivity contribution is 6.36. The van der Waals surface area contributed by atoms with Crippen molar-refractivity contribution in [1.29, 1.82) is 0 Å². The standard InChI is InChI=1S/C18H16N2O2/c1-10-3-6-15-14(7-10)16(18(21)20-15)17-13-5-4-12(19-2)8-11(13)9-22-17/h3-8,19H,9H2,1-2H3,(H,20,21)/b17-16+. The van der Waals surface area contributed by atoms with Gasteiger partial charge in [-0.25, -0.2) is 0 Å². The molecule has 2 aliphatic rings. The topological polar surface area (TPSA) is 50.4 Å². The Bertz CT molecular complexity index is 837. The molecule has 4 nitrogen and oxygen atoms in total. The smallest absolute Gasteiger partial charge is 0.260 e. The van der Waals surface area contributed by atoms with E-state index in [1.165, 1.54) is 0 Å². The molecule has 0 saturated carbocycles. The van der Waals surface area contributed by atoms with Crippen molar-refractivity contribution in [3.8, 4) is 0 Å². The second-order valence-electron chi connectivity index (χ2n) is 5.62. The number of benzene rings is 2. The van der Waals surface area contributed by atoms with E-state index in [1.807, 2.05) is 44.3 Å². The number of aryl methyl sites for hydroxylation is 1. The van der Waals surface area contributed by atoms with Crippen LogP contribution < -0.4 is 10.6 Å². The van der Waals surface area contributed by atoms with Crippen LogP contribution in [0, 0.1) is 6.92 Å². The molecule has 22 heavy (non-hydrogen) atoms. The molecule has 2 aromatic rings. The Kier molecular flexibility index (Phi) is 2.73. The SMILES string of the molecule is CNc1ccc2c(c1)CO/C2=C1/C(=O)Nc2ccc(C)cc21. The van der Waals surface area contributed by atoms with Gasteiger partial charge in [-0.3, -0.25) is 4.79 Å². The molecule has 2 N–H and O–H groups in total. The summed E-state index contributed by atoms with van der Waals surface area (Å²) in [5, 5.41) is 6.04. The number of hydrogen-bond donors (Lipinski definition) is 2. The van der Waals surface area contributed by atoms with Gasteiger partial charge < -0.3 is 15.4 Å². The molecular weight excluding hydrogens is 276 g/mol. The van der Waals surface area contributed by atoms with E-state index in [-0.39, 0.29) is 5.91 Å². The van der Waals surface area contributed by atoms with E-state index < -0.39 is 0 Å². The fourth-order valence-corrected chi connectivity index (χ4v) is 3.03. The molecule has 0 unspecified atom stereocenters. The summed E-state index contributed by atoms with van der Waals surface area (Å²) in [4.78, 5) is 12.4. The van der Waals surface area contributed by atoms with E-state index in [1.54, 1.807) is 0 Å². The average Bonchev–Trinajstić information content (AvgIpc) is 3.06. The Morgan fingerprint density at radius 3 is 2.82 bits per heavy atom. The van der Waals surface area contributed by atoms with Crippen LogP contribution in [-0.2, 0) is 16.1 Å². The second-order valence-corrected chi connectivity index (χ2v) is 5.62. The summed E-state index contributed by atoms with van der Waals surface area (Å²) >= 11 is 0. The van der Waals surface area contributed by atoms with Crippen LogP contribution in [0.2, 0.25) is 0 Å². The van der Waals surface area contributed by atoms with Gasteiger partial charge in [-0.1, -0.05) is 11.6 Å². The fraction of sp³-hybridized carbons (Fsp3) is 0.167. The molecule has 4 rings (SSSR count). The van der Waals surface area contributed by atoms with E-state index >= 15 is 0 Å². The number of hydrogen-bond acceptors (Lipinski definition) is 3. The molecule has 2 aliphatic heterocycles. The van der Waals surface area contributed by atoms with E-state index in [4.69, 9.17) is 4.74 Å². The summed E-state index contributed by atoms with van der Waals surface area (Å²) in [5.74, 6) is 0.584. The zero-order valence-electron chi connectivity index (χ0n) is 12.5. The van der Waals surface area contributed by atoms with Gasteiger partial charge in [0, 0.05) is 35.1 Å². The van der Waals surface area contributed by atoms with Crippen molar-refractivity contribution in [3.63, 3.8) is 0 Å². The first-order chi connectivity index (χ1) is 10.7. The van der Waals surface area contributed by atoms with Crippen LogP contribution in [-0.4, -0.2) is 13.0 Å². The van der Waals surface area contributed by atoms with Crippen molar-refractivity contribution in [1.82, 2.24) is 0 Å². The third-order valence-electron chi connectivity index (χ3n) is 4.16. The number of ether oxygens (including phenoxy) is 1. The molecule has 0 aromatic heterocycles. The Morgan fingerprint density at radius 1 is 1.14 bits per heavy atom. The van der Waals surface area contributed by atoms with Gasteiger partial charge >= 0.3 is 0 Å². The fourth-order valence-electron chi connectivity index (χ4n) is 3.03. The predicted octanol–water partition coefficient (Wildman–Crippen LogP) is 3.39. The molecule has 0 atom stereocenters. The minimum atomic E-state index is -0.0962. The number of amides is 1. The molecule has 4 heteroatoms. The lowest BCUT2D eigenvalue weighted by Gasteiger charge is -2.06. The number of rotatable bonds is 1. The normalized spacial score (nSPS) is 18.5. The van der Waals surface area contributed by atoms with Gasteiger partial charge in [0.1, 0.15) is 12.4 Å². The molecule has 0 bridgehead atoms. The third-order valence-corrected chi connectivity index (χ3v) is 4.16. The predicted molar refractivity (Wildman–Crippen MR) is 87.4 cm³/mol. The first-order valence-corrected chi connectivity index (χ1v) is 7.28. The molecule has 2 heterocycles. The summed E-state index contributed by atoms with van der Waals surface area (Å²) in [6.45, 7) is 2.52. The highest BCUT2D eigenvalue weighted by Gasteiger charge is 2.32. The molecule has 0 fully saturated rings. The Hall–Kier alpha value is -2.75. The van der Waals surface area contributed by atoms with Crippen LogP contribution in [0.15, 0.2) is 36.4 Å². The molecule has 1 amide bonds. The first-order valence-electron chi connectivity index (χ1n) is 7.28. The van der Waals surface area contributed by atoms with Gasteiger partial charge in [-0.05, 0) is 37.3 Å². The van der Waals surface area contributed by atoms with E-state index in [0.717, 1.165) is 33.6 Å². The monoisotopic (exact) mass is 292 g/mol. The van der Waals surface area contributed by atoms with Crippen molar-refractivity contribution >= 4 is 28.6 Å². The quantitative estimate of drug-likeness (QED) is 0.792. The minimum Gasteiger partial charge on any atom is -0.487 e. The summed E-state index contributed by atoms with van der Waals surface area (Å²) < 4.78 is 5.86. The van der Waals surface area contributed by atoms with Crippen molar-refractivity contribution < 1.29 is 9.53 Å². The van der Waals surface area contributed by atoms with Crippen LogP contribution in [0.3, 0.4) is 0 Å². The summed E-state index contributed by atoms with van der Waals surface area (Å²) in [6, 6.07) is 12.0. The number of carbonyl (C=O) groups excluding carboxylic acids is 1. The van der Waals surface area contributed by atoms with Gasteiger partial charge in [0.05, 0.1) is 5.57 Å². The van der Waals surface area contributed by atoms with Crippen molar-refractivity contribution in [2.75, 3.05) is 17.7 Å². The summed E-state index contributed by atoms with van der Waals surface area (Å²) in [5.41, 5.74) is 6.67. The molecule has 110 valence electrons.